The molecule has 98 valence electrons. The fourth-order valence-corrected chi connectivity index (χ4v) is 1.36. The van der Waals surface area contributed by atoms with E-state index in [4.69, 9.17) is 0 Å². The first-order valence-electron chi connectivity index (χ1n) is 4.95. The predicted molar refractivity (Wildman–Crippen MR) is 56.4 cm³/mol. The number of alkyl halides is 3. The molecule has 6 heteroatoms. The van der Waals surface area contributed by atoms with Crippen molar-refractivity contribution >= 4 is 5.97 Å². The number of carbonyl (C=O) groups is 1. The van der Waals surface area contributed by atoms with E-state index >= 15 is 0 Å². The summed E-state index contributed by atoms with van der Waals surface area (Å²) < 4.78 is 54.9. The highest BCUT2D eigenvalue weighted by Gasteiger charge is 2.32. The summed E-state index contributed by atoms with van der Waals surface area (Å²) in [5, 5.41) is 0. The van der Waals surface area contributed by atoms with Crippen LogP contribution in [0.1, 0.15) is 11.1 Å². The van der Waals surface area contributed by atoms with Crippen LogP contribution in [0, 0.1) is 0 Å². The lowest BCUT2D eigenvalue weighted by Gasteiger charge is -2.10. The molecule has 0 aliphatic carbocycles. The summed E-state index contributed by atoms with van der Waals surface area (Å²) in [7, 11) is 0.986. The van der Waals surface area contributed by atoms with E-state index in [1.54, 1.807) is 0 Å². The molecule has 0 radical (unpaired) electrons. The topological polar surface area (TPSA) is 26.3 Å². The van der Waals surface area contributed by atoms with Gasteiger partial charge in [-0.2, -0.15) is 17.6 Å². The standard InChI is InChI=1S/C12H10F4O2/c1-18-11(17)10(13)7-6-8-4-2-3-5-9(8)12(14,15)16/h2-5,7H,6H2,1H3/b10-7-. The van der Waals surface area contributed by atoms with E-state index in [1.165, 1.54) is 18.2 Å². The molecule has 1 aromatic carbocycles. The Labute approximate surface area is 101 Å². The van der Waals surface area contributed by atoms with E-state index in [1.807, 2.05) is 0 Å². The summed E-state index contributed by atoms with van der Waals surface area (Å²) in [4.78, 5) is 10.7. The molecule has 0 saturated carbocycles. The Morgan fingerprint density at radius 1 is 1.33 bits per heavy atom. The average molecular weight is 262 g/mol. The fraction of sp³-hybridized carbons (Fsp3) is 0.250. The number of rotatable bonds is 3. The van der Waals surface area contributed by atoms with Gasteiger partial charge in [0.2, 0.25) is 5.83 Å². The molecule has 0 spiro atoms. The minimum Gasteiger partial charge on any atom is -0.464 e. The van der Waals surface area contributed by atoms with Crippen molar-refractivity contribution in [3.05, 3.63) is 47.3 Å². The summed E-state index contributed by atoms with van der Waals surface area (Å²) in [5.41, 5.74) is -0.956. The summed E-state index contributed by atoms with van der Waals surface area (Å²) in [6.45, 7) is 0. The van der Waals surface area contributed by atoms with Crippen molar-refractivity contribution in [3.8, 4) is 0 Å². The van der Waals surface area contributed by atoms with E-state index in [-0.39, 0.29) is 12.0 Å². The van der Waals surface area contributed by atoms with Gasteiger partial charge >= 0.3 is 12.1 Å². The Bertz CT molecular complexity index is 463. The van der Waals surface area contributed by atoms with Crippen molar-refractivity contribution in [2.75, 3.05) is 7.11 Å². The van der Waals surface area contributed by atoms with Crippen molar-refractivity contribution in [1.29, 1.82) is 0 Å². The first-order chi connectivity index (χ1) is 8.36. The Kier molecular flexibility index (Phi) is 4.47. The molecule has 0 unspecified atom stereocenters. The van der Waals surface area contributed by atoms with Crippen LogP contribution in [0.15, 0.2) is 36.2 Å². The number of hydrogen-bond acceptors (Lipinski definition) is 2. The van der Waals surface area contributed by atoms with Crippen LogP contribution in [0.25, 0.3) is 0 Å². The minimum atomic E-state index is -4.51. The molecule has 0 saturated heterocycles. The van der Waals surface area contributed by atoms with Crippen molar-refractivity contribution < 1.29 is 27.1 Å². The third kappa shape index (κ3) is 3.58. The molecule has 0 atom stereocenters. The first kappa shape index (κ1) is 14.2. The number of ether oxygens (including phenoxy) is 1. The largest absolute Gasteiger partial charge is 0.464 e. The number of hydrogen-bond donors (Lipinski definition) is 0. The molecule has 0 N–H and O–H groups in total. The van der Waals surface area contributed by atoms with Crippen LogP contribution < -0.4 is 0 Å². The Morgan fingerprint density at radius 2 is 1.94 bits per heavy atom. The highest BCUT2D eigenvalue weighted by Crippen LogP contribution is 2.32. The first-order valence-corrected chi connectivity index (χ1v) is 4.95. The van der Waals surface area contributed by atoms with Gasteiger partial charge in [0.15, 0.2) is 0 Å². The maximum absolute atomic E-state index is 13.0. The van der Waals surface area contributed by atoms with Crippen LogP contribution in [0.5, 0.6) is 0 Å². The zero-order chi connectivity index (χ0) is 13.8. The monoisotopic (exact) mass is 262 g/mol. The van der Waals surface area contributed by atoms with E-state index in [9.17, 15) is 22.4 Å². The van der Waals surface area contributed by atoms with Crippen molar-refractivity contribution in [2.24, 2.45) is 0 Å². The maximum atomic E-state index is 13.0. The summed E-state index contributed by atoms with van der Waals surface area (Å²) in [6.07, 6.45) is -4.08. The molecule has 18 heavy (non-hydrogen) atoms. The van der Waals surface area contributed by atoms with Gasteiger partial charge in [0.1, 0.15) is 0 Å². The molecule has 2 nitrogen and oxygen atoms in total. The summed E-state index contributed by atoms with van der Waals surface area (Å²) in [6, 6.07) is 4.78. The smallest absolute Gasteiger partial charge is 0.416 e. The lowest BCUT2D eigenvalue weighted by molar-refractivity contribution is -0.138. The van der Waals surface area contributed by atoms with Crippen LogP contribution in [0.4, 0.5) is 17.6 Å². The molecule has 0 amide bonds. The highest BCUT2D eigenvalue weighted by molar-refractivity contribution is 5.85. The van der Waals surface area contributed by atoms with Crippen LogP contribution in [-0.2, 0) is 22.1 Å². The van der Waals surface area contributed by atoms with Gasteiger partial charge in [0.25, 0.3) is 0 Å². The molecule has 0 aromatic heterocycles. The predicted octanol–water partition coefficient (Wildman–Crippen LogP) is 3.27. The normalized spacial score (nSPS) is 12.4. The van der Waals surface area contributed by atoms with E-state index in [2.05, 4.69) is 4.74 Å². The van der Waals surface area contributed by atoms with Crippen molar-refractivity contribution in [1.82, 2.24) is 0 Å². The second-order valence-corrected chi connectivity index (χ2v) is 3.40. The van der Waals surface area contributed by atoms with Gasteiger partial charge in [-0.25, -0.2) is 4.79 Å². The van der Waals surface area contributed by atoms with Gasteiger partial charge in [0.05, 0.1) is 12.7 Å². The van der Waals surface area contributed by atoms with Gasteiger partial charge in [-0.15, -0.1) is 0 Å². The van der Waals surface area contributed by atoms with Gasteiger partial charge in [-0.1, -0.05) is 18.2 Å². The third-order valence-corrected chi connectivity index (χ3v) is 2.20. The van der Waals surface area contributed by atoms with Crippen LogP contribution >= 0.6 is 0 Å². The van der Waals surface area contributed by atoms with E-state index < -0.39 is 23.5 Å². The molecule has 0 fully saturated rings. The number of carbonyl (C=O) groups excluding carboxylic acids is 1. The van der Waals surface area contributed by atoms with Crippen LogP contribution in [-0.4, -0.2) is 13.1 Å². The highest BCUT2D eigenvalue weighted by atomic mass is 19.4. The molecule has 0 heterocycles. The lowest BCUT2D eigenvalue weighted by Crippen LogP contribution is -2.09. The number of allylic oxidation sites excluding steroid dienone is 1. The average Bonchev–Trinajstić information content (AvgIpc) is 2.34. The zero-order valence-corrected chi connectivity index (χ0v) is 9.42. The zero-order valence-electron chi connectivity index (χ0n) is 9.42. The number of benzene rings is 1. The third-order valence-electron chi connectivity index (χ3n) is 2.20. The maximum Gasteiger partial charge on any atom is 0.416 e. The SMILES string of the molecule is COC(=O)/C(F)=C/Cc1ccccc1C(F)(F)F. The Morgan fingerprint density at radius 3 is 2.50 bits per heavy atom. The summed E-state index contributed by atoms with van der Waals surface area (Å²) >= 11 is 0. The van der Waals surface area contributed by atoms with Gasteiger partial charge < -0.3 is 4.74 Å². The second-order valence-electron chi connectivity index (χ2n) is 3.40. The number of halogens is 4. The Balaban J connectivity index is 2.96. The molecule has 0 aliphatic heterocycles. The molecule has 1 rings (SSSR count). The number of esters is 1. The molecular weight excluding hydrogens is 252 g/mol. The second kappa shape index (κ2) is 5.66. The lowest BCUT2D eigenvalue weighted by atomic mass is 10.0. The quantitative estimate of drug-likeness (QED) is 0.474. The fourth-order valence-electron chi connectivity index (χ4n) is 1.36. The van der Waals surface area contributed by atoms with Gasteiger partial charge in [-0.3, -0.25) is 0 Å². The van der Waals surface area contributed by atoms with Gasteiger partial charge in [0, 0.05) is 0 Å². The van der Waals surface area contributed by atoms with E-state index in [0.717, 1.165) is 19.3 Å². The molecule has 1 aromatic rings. The number of methoxy groups -OCH3 is 1. The van der Waals surface area contributed by atoms with Gasteiger partial charge in [-0.05, 0) is 24.1 Å². The Hall–Kier alpha value is -1.85. The van der Waals surface area contributed by atoms with Crippen molar-refractivity contribution in [2.45, 2.75) is 12.6 Å². The molecule has 0 bridgehead atoms. The molecular formula is C12H10F4O2. The summed E-state index contributed by atoms with van der Waals surface area (Å²) in [5.74, 6) is -2.42. The molecule has 0 aliphatic rings. The van der Waals surface area contributed by atoms with Crippen LogP contribution in [0.2, 0.25) is 0 Å². The van der Waals surface area contributed by atoms with Crippen molar-refractivity contribution in [3.63, 3.8) is 0 Å². The van der Waals surface area contributed by atoms with Crippen LogP contribution in [0.3, 0.4) is 0 Å². The van der Waals surface area contributed by atoms with E-state index in [0.29, 0.717) is 0 Å². The minimum absolute atomic E-state index is 0.107.